The fourth-order valence-electron chi connectivity index (χ4n) is 9.74. The number of esters is 2. The Kier molecular flexibility index (Phi) is 9.32. The number of carbonyl (C=O) groups is 4. The molecule has 0 spiro atoms. The van der Waals surface area contributed by atoms with Crippen LogP contribution in [-0.4, -0.2) is 50.2 Å². The third-order valence-corrected chi connectivity index (χ3v) is 11.6. The molecule has 4 fully saturated rings. The molecule has 1 amide bonds. The molecule has 4 aliphatic carbocycles. The van der Waals surface area contributed by atoms with Crippen LogP contribution in [0.2, 0.25) is 0 Å². The molecule has 1 N–H and O–H groups in total. The van der Waals surface area contributed by atoms with E-state index in [0.29, 0.717) is 54.9 Å². The van der Waals surface area contributed by atoms with Gasteiger partial charge in [-0.1, -0.05) is 20.8 Å². The molecule has 8 nitrogen and oxygen atoms in total. The number of nitrogens with one attached hydrogen (secondary N) is 1. The van der Waals surface area contributed by atoms with Crippen LogP contribution in [0.3, 0.4) is 0 Å². The van der Waals surface area contributed by atoms with E-state index in [9.17, 15) is 19.2 Å². The van der Waals surface area contributed by atoms with Gasteiger partial charge in [0, 0.05) is 25.8 Å². The standard InChI is InChI=1S/C31H49NO7/c1-19(6-9-27(35)32-15-12-28(36)37-5)23-7-8-24-29-25(11-14-31(23,24)4)30(3)13-10-22(39-20(2)34)16-21(30)17-26(29)38-18-33/h18-19,21-26,29H,6-17H2,1-5H3,(H,32,35)/t19-,21+,22-,23-,24?,25?,26+,29+,30+,31-/m1/s1. The van der Waals surface area contributed by atoms with Crippen molar-refractivity contribution in [3.8, 4) is 0 Å². The first kappa shape index (κ1) is 29.9. The number of rotatable bonds is 10. The minimum Gasteiger partial charge on any atom is -0.469 e. The highest BCUT2D eigenvalue weighted by molar-refractivity contribution is 5.77. The fraction of sp³-hybridized carbons (Fsp3) is 0.871. The highest BCUT2D eigenvalue weighted by atomic mass is 16.5. The first-order valence-electron chi connectivity index (χ1n) is 15.1. The zero-order valence-electron chi connectivity index (χ0n) is 24.5. The van der Waals surface area contributed by atoms with Crippen molar-refractivity contribution in [3.05, 3.63) is 0 Å². The van der Waals surface area contributed by atoms with Gasteiger partial charge in [0.25, 0.3) is 6.47 Å². The minimum atomic E-state index is -0.318. The summed E-state index contributed by atoms with van der Waals surface area (Å²) in [6, 6.07) is 0. The van der Waals surface area contributed by atoms with Crippen molar-refractivity contribution in [2.45, 2.75) is 111 Å². The lowest BCUT2D eigenvalue weighted by Crippen LogP contribution is -2.59. The molecule has 10 atom stereocenters. The van der Waals surface area contributed by atoms with Gasteiger partial charge in [0.15, 0.2) is 0 Å². The highest BCUT2D eigenvalue weighted by Crippen LogP contribution is 2.68. The van der Waals surface area contributed by atoms with E-state index < -0.39 is 0 Å². The Morgan fingerprint density at radius 2 is 1.72 bits per heavy atom. The second-order valence-corrected chi connectivity index (χ2v) is 13.4. The average Bonchev–Trinajstić information content (AvgIpc) is 3.25. The Morgan fingerprint density at radius 3 is 2.41 bits per heavy atom. The summed E-state index contributed by atoms with van der Waals surface area (Å²) >= 11 is 0. The Bertz CT molecular complexity index is 923. The van der Waals surface area contributed by atoms with Gasteiger partial charge >= 0.3 is 11.9 Å². The molecule has 0 saturated heterocycles. The Morgan fingerprint density at radius 1 is 1.00 bits per heavy atom. The maximum Gasteiger partial charge on any atom is 0.307 e. The monoisotopic (exact) mass is 547 g/mol. The summed E-state index contributed by atoms with van der Waals surface area (Å²) in [5, 5.41) is 2.84. The number of amides is 1. The molecular formula is C31H49NO7. The smallest absolute Gasteiger partial charge is 0.307 e. The maximum atomic E-state index is 12.4. The Hall–Kier alpha value is -2.12. The van der Waals surface area contributed by atoms with Crippen molar-refractivity contribution in [2.75, 3.05) is 13.7 Å². The van der Waals surface area contributed by atoms with Gasteiger partial charge in [0.2, 0.25) is 5.91 Å². The summed E-state index contributed by atoms with van der Waals surface area (Å²) in [4.78, 5) is 47.0. The first-order chi connectivity index (χ1) is 18.5. The molecule has 0 radical (unpaired) electrons. The summed E-state index contributed by atoms with van der Waals surface area (Å²) in [5.41, 5.74) is 0.349. The van der Waals surface area contributed by atoms with Crippen molar-refractivity contribution in [1.82, 2.24) is 5.32 Å². The molecule has 4 aliphatic rings. The molecular weight excluding hydrogens is 498 g/mol. The van der Waals surface area contributed by atoms with Crippen LogP contribution in [-0.2, 0) is 33.4 Å². The summed E-state index contributed by atoms with van der Waals surface area (Å²) in [7, 11) is 1.35. The van der Waals surface area contributed by atoms with Gasteiger partial charge < -0.3 is 19.5 Å². The van der Waals surface area contributed by atoms with Gasteiger partial charge in [-0.3, -0.25) is 19.2 Å². The number of methoxy groups -OCH3 is 1. The average molecular weight is 548 g/mol. The second kappa shape index (κ2) is 12.2. The molecule has 0 aromatic carbocycles. The third kappa shape index (κ3) is 6.00. The topological polar surface area (TPSA) is 108 Å². The predicted molar refractivity (Wildman–Crippen MR) is 145 cm³/mol. The summed E-state index contributed by atoms with van der Waals surface area (Å²) in [6.45, 7) is 9.65. The summed E-state index contributed by atoms with van der Waals surface area (Å²) < 4.78 is 16.1. The van der Waals surface area contributed by atoms with Crippen molar-refractivity contribution in [3.63, 3.8) is 0 Å². The minimum absolute atomic E-state index is 0.00999. The molecule has 0 heterocycles. The van der Waals surface area contributed by atoms with Crippen LogP contribution >= 0.6 is 0 Å². The second-order valence-electron chi connectivity index (χ2n) is 13.4. The molecule has 2 unspecified atom stereocenters. The van der Waals surface area contributed by atoms with Crippen molar-refractivity contribution in [1.29, 1.82) is 0 Å². The lowest BCUT2D eigenvalue weighted by atomic mass is 9.43. The number of carbonyl (C=O) groups excluding carboxylic acids is 4. The predicted octanol–water partition coefficient (Wildman–Crippen LogP) is 4.82. The van der Waals surface area contributed by atoms with Gasteiger partial charge in [0.05, 0.1) is 13.5 Å². The van der Waals surface area contributed by atoms with E-state index in [0.717, 1.165) is 51.4 Å². The van der Waals surface area contributed by atoms with Gasteiger partial charge in [-0.2, -0.15) is 0 Å². The normalized spacial score (nSPS) is 39.8. The zero-order chi connectivity index (χ0) is 28.4. The summed E-state index contributed by atoms with van der Waals surface area (Å²) in [5.74, 6) is 2.17. The van der Waals surface area contributed by atoms with E-state index in [-0.39, 0.29) is 47.3 Å². The number of hydrogen-bond donors (Lipinski definition) is 1. The SMILES string of the molecule is COC(=O)CCNC(=O)CC[C@@H](C)[C@H]1CCC2[C@H]3C(CC[C@@]21C)[C@@]1(C)CC[C@@H](OC(C)=O)C[C@H]1C[C@@H]3OC=O. The summed E-state index contributed by atoms with van der Waals surface area (Å²) in [6.07, 6.45) is 9.66. The molecule has 0 bridgehead atoms. The van der Waals surface area contributed by atoms with Crippen molar-refractivity contribution >= 4 is 24.3 Å². The van der Waals surface area contributed by atoms with Crippen LogP contribution in [0.1, 0.15) is 98.3 Å². The van der Waals surface area contributed by atoms with Crippen LogP contribution in [0.25, 0.3) is 0 Å². The third-order valence-electron chi connectivity index (χ3n) is 11.6. The molecule has 4 rings (SSSR count). The molecule has 39 heavy (non-hydrogen) atoms. The molecule has 4 saturated carbocycles. The Labute approximate surface area is 233 Å². The number of hydrogen-bond acceptors (Lipinski definition) is 7. The number of ether oxygens (including phenoxy) is 3. The van der Waals surface area contributed by atoms with Crippen LogP contribution in [0.15, 0.2) is 0 Å². The molecule has 0 aromatic rings. The van der Waals surface area contributed by atoms with Crippen molar-refractivity contribution in [2.24, 2.45) is 46.3 Å². The largest absolute Gasteiger partial charge is 0.469 e. The van der Waals surface area contributed by atoms with Crippen LogP contribution < -0.4 is 5.32 Å². The van der Waals surface area contributed by atoms with Crippen molar-refractivity contribution < 1.29 is 33.4 Å². The maximum absolute atomic E-state index is 12.4. The van der Waals surface area contributed by atoms with Crippen LogP contribution in [0.5, 0.6) is 0 Å². The first-order valence-corrected chi connectivity index (χ1v) is 15.1. The van der Waals surface area contributed by atoms with Crippen LogP contribution in [0, 0.1) is 46.3 Å². The zero-order valence-corrected chi connectivity index (χ0v) is 24.5. The lowest BCUT2D eigenvalue weighted by molar-refractivity contribution is -0.191. The van der Waals surface area contributed by atoms with Gasteiger partial charge in [-0.05, 0) is 98.2 Å². The lowest BCUT2D eigenvalue weighted by Gasteiger charge is -2.62. The Balaban J connectivity index is 1.43. The molecule has 0 aliphatic heterocycles. The molecule has 0 aromatic heterocycles. The van der Waals surface area contributed by atoms with E-state index in [2.05, 4.69) is 30.8 Å². The quantitative estimate of drug-likeness (QED) is 0.237. The van der Waals surface area contributed by atoms with E-state index in [1.54, 1.807) is 0 Å². The van der Waals surface area contributed by atoms with Crippen LogP contribution in [0.4, 0.5) is 0 Å². The van der Waals surface area contributed by atoms with Gasteiger partial charge in [-0.15, -0.1) is 0 Å². The van der Waals surface area contributed by atoms with Gasteiger partial charge in [-0.25, -0.2) is 0 Å². The fourth-order valence-corrected chi connectivity index (χ4v) is 9.74. The van der Waals surface area contributed by atoms with Gasteiger partial charge in [0.1, 0.15) is 12.2 Å². The van der Waals surface area contributed by atoms with E-state index in [4.69, 9.17) is 9.47 Å². The molecule has 220 valence electrons. The van der Waals surface area contributed by atoms with E-state index >= 15 is 0 Å². The van der Waals surface area contributed by atoms with E-state index in [1.165, 1.54) is 20.5 Å². The molecule has 8 heteroatoms. The van der Waals surface area contributed by atoms with E-state index in [1.807, 2.05) is 0 Å². The highest BCUT2D eigenvalue weighted by Gasteiger charge is 2.63. The number of fused-ring (bicyclic) bond motifs is 5.